The van der Waals surface area contributed by atoms with E-state index in [0.29, 0.717) is 32.2 Å². The Morgan fingerprint density at radius 2 is 1.80 bits per heavy atom. The number of unbranched alkanes of at least 4 members (excludes halogenated alkanes) is 2. The van der Waals surface area contributed by atoms with Crippen LogP contribution in [-0.4, -0.2) is 54.1 Å². The molecule has 1 atom stereocenters. The van der Waals surface area contributed by atoms with Crippen LogP contribution < -0.4 is 16.4 Å². The van der Waals surface area contributed by atoms with Crippen molar-refractivity contribution in [2.75, 3.05) is 13.1 Å². The van der Waals surface area contributed by atoms with Crippen molar-refractivity contribution in [1.29, 1.82) is 0 Å². The molecule has 25 heavy (non-hydrogen) atoms. The van der Waals surface area contributed by atoms with E-state index in [1.54, 1.807) is 13.0 Å². The molecule has 140 valence electrons. The molecule has 0 aromatic heterocycles. The molecule has 0 aliphatic carbocycles. The number of nitrogens with one attached hydrogen (secondary N) is 2. The number of rotatable bonds is 12. The van der Waals surface area contributed by atoms with E-state index in [1.807, 2.05) is 0 Å². The fraction of sp³-hybridized carbons (Fsp3) is 0.562. The number of allylic oxidation sites excluding steroid dienone is 1. The standard InChI is InChI=1S/C16H26N4O5/c1-3-7-15(24)20(11-21)9-6-4-5-8-13(22)18-10-14(23)19-12(2)16(17)25/h3,7,11-12H,4-6,8-10H2,1-2H3,(H2,17,25)(H,18,22)(H,19,23)/b7-3-. The van der Waals surface area contributed by atoms with Gasteiger partial charge in [0.1, 0.15) is 6.04 Å². The summed E-state index contributed by atoms with van der Waals surface area (Å²) in [6.45, 7) is 3.20. The van der Waals surface area contributed by atoms with Gasteiger partial charge in [0.15, 0.2) is 0 Å². The van der Waals surface area contributed by atoms with Crippen LogP contribution in [0.3, 0.4) is 0 Å². The second kappa shape index (κ2) is 12.7. The van der Waals surface area contributed by atoms with E-state index < -0.39 is 17.9 Å². The van der Waals surface area contributed by atoms with Gasteiger partial charge in [0.05, 0.1) is 6.54 Å². The third-order valence-corrected chi connectivity index (χ3v) is 3.27. The first-order valence-electron chi connectivity index (χ1n) is 8.05. The Balaban J connectivity index is 3.86. The first kappa shape index (κ1) is 22.3. The summed E-state index contributed by atoms with van der Waals surface area (Å²) in [4.78, 5) is 57.2. The van der Waals surface area contributed by atoms with Crippen molar-refractivity contribution in [2.24, 2.45) is 5.73 Å². The first-order chi connectivity index (χ1) is 11.8. The summed E-state index contributed by atoms with van der Waals surface area (Å²) in [5.74, 6) is -1.81. The van der Waals surface area contributed by atoms with Gasteiger partial charge < -0.3 is 16.4 Å². The summed E-state index contributed by atoms with van der Waals surface area (Å²) in [6, 6.07) is -0.796. The zero-order chi connectivity index (χ0) is 19.2. The van der Waals surface area contributed by atoms with E-state index >= 15 is 0 Å². The monoisotopic (exact) mass is 354 g/mol. The molecule has 5 amide bonds. The van der Waals surface area contributed by atoms with E-state index in [4.69, 9.17) is 5.73 Å². The number of amides is 5. The molecule has 0 fully saturated rings. The van der Waals surface area contributed by atoms with Gasteiger partial charge in [-0.3, -0.25) is 28.9 Å². The van der Waals surface area contributed by atoms with E-state index in [9.17, 15) is 24.0 Å². The molecule has 9 heteroatoms. The van der Waals surface area contributed by atoms with Gasteiger partial charge in [-0.05, 0) is 32.8 Å². The summed E-state index contributed by atoms with van der Waals surface area (Å²) in [5, 5.41) is 4.79. The van der Waals surface area contributed by atoms with Crippen LogP contribution in [0.1, 0.15) is 39.5 Å². The molecule has 0 aromatic rings. The van der Waals surface area contributed by atoms with Gasteiger partial charge in [-0.15, -0.1) is 0 Å². The topological polar surface area (TPSA) is 139 Å². The molecular formula is C16H26N4O5. The molecule has 0 saturated carbocycles. The number of hydrogen-bond acceptors (Lipinski definition) is 5. The molecule has 0 rings (SSSR count). The summed E-state index contributed by atoms with van der Waals surface area (Å²) < 4.78 is 0. The predicted molar refractivity (Wildman–Crippen MR) is 90.9 cm³/mol. The van der Waals surface area contributed by atoms with Gasteiger partial charge >= 0.3 is 0 Å². The molecular weight excluding hydrogens is 328 g/mol. The Kier molecular flexibility index (Phi) is 11.3. The molecule has 0 spiro atoms. The van der Waals surface area contributed by atoms with Crippen LogP contribution in [-0.2, 0) is 24.0 Å². The Morgan fingerprint density at radius 1 is 1.12 bits per heavy atom. The number of nitrogens with two attached hydrogens (primary N) is 1. The Bertz CT molecular complexity index is 519. The van der Waals surface area contributed by atoms with Crippen molar-refractivity contribution in [1.82, 2.24) is 15.5 Å². The zero-order valence-corrected chi connectivity index (χ0v) is 14.6. The molecule has 0 aliphatic heterocycles. The molecule has 9 nitrogen and oxygen atoms in total. The lowest BCUT2D eigenvalue weighted by Gasteiger charge is -2.13. The van der Waals surface area contributed by atoms with Gasteiger partial charge in [0.2, 0.25) is 24.1 Å². The van der Waals surface area contributed by atoms with Gasteiger partial charge in [0, 0.05) is 13.0 Å². The van der Waals surface area contributed by atoms with E-state index in [-0.39, 0.29) is 24.8 Å². The fourth-order valence-electron chi connectivity index (χ4n) is 1.83. The van der Waals surface area contributed by atoms with Gasteiger partial charge in [-0.25, -0.2) is 0 Å². The highest BCUT2D eigenvalue weighted by Gasteiger charge is 2.13. The first-order valence-corrected chi connectivity index (χ1v) is 8.05. The summed E-state index contributed by atoms with van der Waals surface area (Å²) in [7, 11) is 0. The average Bonchev–Trinajstić information content (AvgIpc) is 2.56. The van der Waals surface area contributed by atoms with Crippen LogP contribution in [0, 0.1) is 0 Å². The molecule has 0 heterocycles. The molecule has 0 saturated heterocycles. The summed E-state index contributed by atoms with van der Waals surface area (Å²) >= 11 is 0. The molecule has 0 bridgehead atoms. The van der Waals surface area contributed by atoms with Crippen molar-refractivity contribution in [3.63, 3.8) is 0 Å². The highest BCUT2D eigenvalue weighted by atomic mass is 16.2. The largest absolute Gasteiger partial charge is 0.368 e. The van der Waals surface area contributed by atoms with Crippen molar-refractivity contribution in [3.8, 4) is 0 Å². The van der Waals surface area contributed by atoms with Gasteiger partial charge in [-0.1, -0.05) is 12.5 Å². The maximum Gasteiger partial charge on any atom is 0.252 e. The molecule has 0 aromatic carbocycles. The van der Waals surface area contributed by atoms with Crippen molar-refractivity contribution in [3.05, 3.63) is 12.2 Å². The number of nitrogens with zero attached hydrogens (tertiary/aromatic N) is 1. The Labute approximate surface area is 147 Å². The fourth-order valence-corrected chi connectivity index (χ4v) is 1.83. The SMILES string of the molecule is C/C=C\C(=O)N(C=O)CCCCCC(=O)NCC(=O)NC(C)C(N)=O. The van der Waals surface area contributed by atoms with Crippen LogP contribution in [0.2, 0.25) is 0 Å². The molecule has 4 N–H and O–H groups in total. The lowest BCUT2D eigenvalue weighted by atomic mass is 10.2. The number of hydrogen-bond donors (Lipinski definition) is 3. The number of imide groups is 1. The highest BCUT2D eigenvalue weighted by Crippen LogP contribution is 2.02. The summed E-state index contributed by atoms with van der Waals surface area (Å²) in [6.07, 6.45) is 5.39. The van der Waals surface area contributed by atoms with Gasteiger partial charge in [0.25, 0.3) is 5.91 Å². The van der Waals surface area contributed by atoms with Gasteiger partial charge in [-0.2, -0.15) is 0 Å². The third kappa shape index (κ3) is 10.6. The normalized spacial score (nSPS) is 11.6. The van der Waals surface area contributed by atoms with Crippen LogP contribution in [0.15, 0.2) is 12.2 Å². The average molecular weight is 354 g/mol. The predicted octanol–water partition coefficient (Wildman–Crippen LogP) is -0.786. The van der Waals surface area contributed by atoms with Crippen LogP contribution in [0.5, 0.6) is 0 Å². The highest BCUT2D eigenvalue weighted by molar-refractivity contribution is 5.94. The number of carbonyl (C=O) groups excluding carboxylic acids is 5. The molecule has 1 unspecified atom stereocenters. The van der Waals surface area contributed by atoms with Crippen molar-refractivity contribution < 1.29 is 24.0 Å². The third-order valence-electron chi connectivity index (χ3n) is 3.27. The van der Waals surface area contributed by atoms with Crippen LogP contribution in [0.4, 0.5) is 0 Å². The number of carbonyl (C=O) groups is 5. The van der Waals surface area contributed by atoms with Crippen LogP contribution in [0.25, 0.3) is 0 Å². The zero-order valence-electron chi connectivity index (χ0n) is 14.6. The van der Waals surface area contributed by atoms with E-state index in [0.717, 1.165) is 4.90 Å². The summed E-state index contributed by atoms with van der Waals surface area (Å²) in [5.41, 5.74) is 5.01. The second-order valence-corrected chi connectivity index (χ2v) is 5.42. The Morgan fingerprint density at radius 3 is 2.36 bits per heavy atom. The molecule has 0 radical (unpaired) electrons. The minimum atomic E-state index is -0.796. The second-order valence-electron chi connectivity index (χ2n) is 5.42. The lowest BCUT2D eigenvalue weighted by molar-refractivity contribution is -0.134. The smallest absolute Gasteiger partial charge is 0.252 e. The Hall–Kier alpha value is -2.71. The quantitative estimate of drug-likeness (QED) is 0.240. The van der Waals surface area contributed by atoms with Crippen LogP contribution >= 0.6 is 0 Å². The van der Waals surface area contributed by atoms with Crippen molar-refractivity contribution in [2.45, 2.75) is 45.6 Å². The lowest BCUT2D eigenvalue weighted by Crippen LogP contribution is -2.46. The van der Waals surface area contributed by atoms with E-state index in [2.05, 4.69) is 10.6 Å². The van der Waals surface area contributed by atoms with E-state index in [1.165, 1.54) is 13.0 Å². The minimum Gasteiger partial charge on any atom is -0.368 e. The maximum absolute atomic E-state index is 11.6. The number of primary amides is 1. The maximum atomic E-state index is 11.6. The van der Waals surface area contributed by atoms with Crippen molar-refractivity contribution >= 4 is 30.0 Å². The molecule has 0 aliphatic rings. The minimum absolute atomic E-state index is 0.225.